The first-order valence-corrected chi connectivity index (χ1v) is 13.1. The van der Waals surface area contributed by atoms with E-state index in [-0.39, 0.29) is 5.97 Å². The van der Waals surface area contributed by atoms with Gasteiger partial charge in [0.1, 0.15) is 11.3 Å². The first kappa shape index (κ1) is 28.0. The third-order valence-electron chi connectivity index (χ3n) is 6.19. The molecule has 0 bridgehead atoms. The molecule has 0 spiro atoms. The van der Waals surface area contributed by atoms with Crippen LogP contribution in [0.2, 0.25) is 0 Å². The highest BCUT2D eigenvalue weighted by Gasteiger charge is 2.10. The molecule has 0 amide bonds. The maximum absolute atomic E-state index is 12.5. The number of ether oxygens (including phenoxy) is 3. The Bertz CT molecular complexity index is 1180. The number of benzene rings is 1. The minimum atomic E-state index is -0.399. The van der Waals surface area contributed by atoms with Crippen LogP contribution in [-0.2, 0) is 9.53 Å². The molecule has 0 aliphatic rings. The van der Waals surface area contributed by atoms with E-state index >= 15 is 0 Å². The van der Waals surface area contributed by atoms with Crippen molar-refractivity contribution in [2.24, 2.45) is 0 Å². The number of hydrogen-bond acceptors (Lipinski definition) is 7. The highest BCUT2D eigenvalue weighted by molar-refractivity contribution is 5.82. The number of rotatable bonds is 17. The maximum Gasteiger partial charge on any atom is 0.344 e. The fourth-order valence-electron chi connectivity index (χ4n) is 4.07. The van der Waals surface area contributed by atoms with E-state index < -0.39 is 5.63 Å². The number of methoxy groups -OCH3 is 1. The number of pyridine rings is 1. The number of nitrogens with zero attached hydrogens (tertiary/aromatic N) is 1. The Labute approximate surface area is 218 Å². The Balaban J connectivity index is 1.29. The van der Waals surface area contributed by atoms with Gasteiger partial charge in [-0.1, -0.05) is 70.1 Å². The molecule has 0 radical (unpaired) electrons. The molecule has 0 aliphatic heterocycles. The Hall–Kier alpha value is -3.61. The molecule has 2 heterocycles. The van der Waals surface area contributed by atoms with Gasteiger partial charge >= 0.3 is 11.6 Å². The van der Waals surface area contributed by atoms with Gasteiger partial charge in [-0.25, -0.2) is 14.6 Å². The van der Waals surface area contributed by atoms with Crippen molar-refractivity contribution in [3.05, 3.63) is 65.7 Å². The van der Waals surface area contributed by atoms with Gasteiger partial charge < -0.3 is 18.6 Å². The predicted molar refractivity (Wildman–Crippen MR) is 145 cm³/mol. The molecule has 0 aliphatic carbocycles. The quantitative estimate of drug-likeness (QED) is 0.112. The van der Waals surface area contributed by atoms with Crippen molar-refractivity contribution in [3.63, 3.8) is 0 Å². The Morgan fingerprint density at radius 2 is 1.54 bits per heavy atom. The van der Waals surface area contributed by atoms with E-state index in [1.165, 1.54) is 44.6 Å². The molecular formula is C30H37NO6. The Kier molecular flexibility index (Phi) is 11.7. The molecule has 2 aromatic heterocycles. The van der Waals surface area contributed by atoms with Gasteiger partial charge in [0.05, 0.1) is 25.9 Å². The average Bonchev–Trinajstić information content (AvgIpc) is 2.92. The van der Waals surface area contributed by atoms with E-state index in [0.717, 1.165) is 42.4 Å². The van der Waals surface area contributed by atoms with Gasteiger partial charge in [-0.05, 0) is 36.6 Å². The zero-order chi connectivity index (χ0) is 26.3. The van der Waals surface area contributed by atoms with Gasteiger partial charge in [-0.15, -0.1) is 0 Å². The summed E-state index contributed by atoms with van der Waals surface area (Å²) in [4.78, 5) is 27.9. The smallest absolute Gasteiger partial charge is 0.344 e. The molecule has 0 N–H and O–H groups in total. The number of fused-ring (bicyclic) bond motifs is 1. The van der Waals surface area contributed by atoms with Crippen molar-refractivity contribution in [1.29, 1.82) is 0 Å². The van der Waals surface area contributed by atoms with E-state index in [0.29, 0.717) is 30.2 Å². The van der Waals surface area contributed by atoms with Crippen LogP contribution in [0.3, 0.4) is 0 Å². The summed E-state index contributed by atoms with van der Waals surface area (Å²) in [5, 5.41) is 0.744. The minimum Gasteiger partial charge on any atom is -0.497 e. The van der Waals surface area contributed by atoms with Crippen LogP contribution in [-0.4, -0.2) is 31.3 Å². The van der Waals surface area contributed by atoms with Crippen LogP contribution in [0.1, 0.15) is 64.2 Å². The summed E-state index contributed by atoms with van der Waals surface area (Å²) >= 11 is 0. The van der Waals surface area contributed by atoms with Gasteiger partial charge in [0.15, 0.2) is 0 Å². The van der Waals surface area contributed by atoms with Crippen LogP contribution in [0, 0.1) is 0 Å². The molecule has 7 heteroatoms. The van der Waals surface area contributed by atoms with Crippen LogP contribution >= 0.6 is 0 Å². The van der Waals surface area contributed by atoms with Crippen molar-refractivity contribution in [3.8, 4) is 22.8 Å². The number of esters is 1. The van der Waals surface area contributed by atoms with Crippen LogP contribution in [0.4, 0.5) is 0 Å². The first-order chi connectivity index (χ1) is 18.1. The molecule has 37 heavy (non-hydrogen) atoms. The van der Waals surface area contributed by atoms with E-state index in [1.54, 1.807) is 25.4 Å². The molecule has 198 valence electrons. The molecule has 0 atom stereocenters. The number of carbonyl (C=O) groups excluding carboxylic acids is 1. The summed E-state index contributed by atoms with van der Waals surface area (Å²) in [5.74, 6) is 0.852. The van der Waals surface area contributed by atoms with Crippen LogP contribution < -0.4 is 15.1 Å². The monoisotopic (exact) mass is 507 g/mol. The van der Waals surface area contributed by atoms with Crippen molar-refractivity contribution in [2.75, 3.05) is 20.3 Å². The van der Waals surface area contributed by atoms with E-state index in [9.17, 15) is 9.59 Å². The average molecular weight is 508 g/mol. The largest absolute Gasteiger partial charge is 0.497 e. The Morgan fingerprint density at radius 1 is 0.919 bits per heavy atom. The number of unbranched alkanes of at least 4 members (excludes halogenated alkanes) is 9. The maximum atomic E-state index is 12.5. The van der Waals surface area contributed by atoms with Crippen molar-refractivity contribution in [2.45, 2.75) is 64.2 Å². The zero-order valence-electron chi connectivity index (χ0n) is 21.7. The van der Waals surface area contributed by atoms with Crippen LogP contribution in [0.25, 0.3) is 22.1 Å². The lowest BCUT2D eigenvalue weighted by atomic mass is 10.1. The summed E-state index contributed by atoms with van der Waals surface area (Å²) in [5.41, 5.74) is 1.31. The molecule has 0 saturated heterocycles. The highest BCUT2D eigenvalue weighted by atomic mass is 16.5. The number of carbonyl (C=O) groups is 1. The van der Waals surface area contributed by atoms with E-state index in [1.807, 2.05) is 24.3 Å². The molecule has 0 unspecified atom stereocenters. The summed E-state index contributed by atoms with van der Waals surface area (Å²) in [6.45, 7) is 4.46. The van der Waals surface area contributed by atoms with Gasteiger partial charge in [0, 0.05) is 23.7 Å². The SMILES string of the molecule is C=CC(=O)OCCCCCCCCCCCCOc1cc2oc(=O)c(-c3ccc(OC)cc3)cc2cn1. The van der Waals surface area contributed by atoms with Gasteiger partial charge in [-0.2, -0.15) is 0 Å². The van der Waals surface area contributed by atoms with Gasteiger partial charge in [0.25, 0.3) is 0 Å². The molecule has 0 fully saturated rings. The second-order valence-electron chi connectivity index (χ2n) is 8.99. The van der Waals surface area contributed by atoms with Crippen molar-refractivity contribution in [1.82, 2.24) is 4.98 Å². The van der Waals surface area contributed by atoms with E-state index in [4.69, 9.17) is 18.6 Å². The topological polar surface area (TPSA) is 87.9 Å². The van der Waals surface area contributed by atoms with Crippen LogP contribution in [0.5, 0.6) is 11.6 Å². The minimum absolute atomic E-state index is 0.341. The predicted octanol–water partition coefficient (Wildman–Crippen LogP) is 6.87. The lowest BCUT2D eigenvalue weighted by Gasteiger charge is -2.07. The number of aromatic nitrogens is 1. The fraction of sp³-hybridized carbons (Fsp3) is 0.433. The van der Waals surface area contributed by atoms with E-state index in [2.05, 4.69) is 11.6 Å². The molecule has 3 aromatic rings. The third kappa shape index (κ3) is 9.41. The molecule has 1 aromatic carbocycles. The lowest BCUT2D eigenvalue weighted by molar-refractivity contribution is -0.137. The highest BCUT2D eigenvalue weighted by Crippen LogP contribution is 2.24. The second kappa shape index (κ2) is 15.5. The Morgan fingerprint density at radius 3 is 2.16 bits per heavy atom. The molecule has 0 saturated carbocycles. The zero-order valence-corrected chi connectivity index (χ0v) is 21.7. The normalized spacial score (nSPS) is 10.8. The first-order valence-electron chi connectivity index (χ1n) is 13.1. The summed E-state index contributed by atoms with van der Waals surface area (Å²) in [7, 11) is 1.60. The molecule has 3 rings (SSSR count). The summed E-state index contributed by atoms with van der Waals surface area (Å²) in [6, 6.07) is 10.8. The number of hydrogen-bond donors (Lipinski definition) is 0. The fourth-order valence-corrected chi connectivity index (χ4v) is 4.07. The molecular weight excluding hydrogens is 470 g/mol. The third-order valence-corrected chi connectivity index (χ3v) is 6.19. The summed E-state index contributed by atoms with van der Waals surface area (Å²) in [6.07, 6.45) is 14.3. The van der Waals surface area contributed by atoms with Crippen molar-refractivity contribution >= 4 is 16.9 Å². The summed E-state index contributed by atoms with van der Waals surface area (Å²) < 4.78 is 21.5. The van der Waals surface area contributed by atoms with Gasteiger partial charge in [0.2, 0.25) is 5.88 Å². The standard InChI is InChI=1S/C30H37NO6/c1-3-29(32)36-19-13-11-9-7-5-4-6-8-10-12-18-35-28-21-27-24(22-31-28)20-26(30(33)37-27)23-14-16-25(34-2)17-15-23/h3,14-17,20-22H,1,4-13,18-19H2,2H3. The second-order valence-corrected chi connectivity index (χ2v) is 8.99. The van der Waals surface area contributed by atoms with Crippen molar-refractivity contribution < 1.29 is 23.4 Å². The lowest BCUT2D eigenvalue weighted by Crippen LogP contribution is -2.04. The molecule has 7 nitrogen and oxygen atoms in total. The van der Waals surface area contributed by atoms with Gasteiger partial charge in [-0.3, -0.25) is 0 Å². The van der Waals surface area contributed by atoms with Crippen LogP contribution in [0.15, 0.2) is 64.5 Å².